The van der Waals surface area contributed by atoms with Crippen LogP contribution >= 0.6 is 0 Å². The first-order chi connectivity index (χ1) is 4.22. The highest BCUT2D eigenvalue weighted by molar-refractivity contribution is 7.85. The van der Waals surface area contributed by atoms with Crippen LogP contribution in [0.25, 0.3) is 0 Å². The van der Waals surface area contributed by atoms with Crippen molar-refractivity contribution < 1.29 is 9.32 Å². The van der Waals surface area contributed by atoms with Gasteiger partial charge >= 0.3 is 0 Å². The van der Waals surface area contributed by atoms with Crippen molar-refractivity contribution >= 4 is 10.8 Å². The first kappa shape index (κ1) is 9.11. The van der Waals surface area contributed by atoms with Gasteiger partial charge < -0.3 is 5.11 Å². The molecule has 2 unspecified atom stereocenters. The molecule has 2 atom stereocenters. The Labute approximate surface area is 58.7 Å². The quantitative estimate of drug-likeness (QED) is 0.634. The molecule has 2 nitrogen and oxygen atoms in total. The van der Waals surface area contributed by atoms with E-state index < -0.39 is 10.8 Å². The van der Waals surface area contributed by atoms with E-state index in [1.165, 1.54) is 0 Å². The van der Waals surface area contributed by atoms with Gasteiger partial charge in [0.15, 0.2) is 0 Å². The van der Waals surface area contributed by atoms with E-state index in [9.17, 15) is 4.21 Å². The third kappa shape index (κ3) is 3.65. The molecule has 0 rings (SSSR count). The molecule has 0 aliphatic rings. The molecule has 0 saturated heterocycles. The highest BCUT2D eigenvalue weighted by Gasteiger charge is 2.06. The highest BCUT2D eigenvalue weighted by atomic mass is 32.2. The Morgan fingerprint density at radius 2 is 2.22 bits per heavy atom. The van der Waals surface area contributed by atoms with E-state index in [1.54, 1.807) is 0 Å². The molecule has 0 bridgehead atoms. The maximum atomic E-state index is 10.9. The van der Waals surface area contributed by atoms with Crippen LogP contribution in [0.5, 0.6) is 0 Å². The minimum atomic E-state index is -0.732. The Kier molecular flexibility index (Phi) is 5.00. The van der Waals surface area contributed by atoms with Gasteiger partial charge in [-0.25, -0.2) is 0 Å². The fourth-order valence-electron chi connectivity index (χ4n) is 0.598. The van der Waals surface area contributed by atoms with Crippen molar-refractivity contribution in [2.75, 3.05) is 12.4 Å². The lowest BCUT2D eigenvalue weighted by Crippen LogP contribution is -2.13. The summed E-state index contributed by atoms with van der Waals surface area (Å²) in [6, 6.07) is 0. The van der Waals surface area contributed by atoms with E-state index in [1.807, 2.05) is 13.8 Å². The minimum absolute atomic E-state index is 0.146. The van der Waals surface area contributed by atoms with E-state index >= 15 is 0 Å². The highest BCUT2D eigenvalue weighted by Crippen LogP contribution is 1.99. The van der Waals surface area contributed by atoms with Gasteiger partial charge in [0.2, 0.25) is 0 Å². The predicted molar refractivity (Wildman–Crippen MR) is 39.8 cm³/mol. The summed E-state index contributed by atoms with van der Waals surface area (Å²) in [5.74, 6) is 0.696. The fourth-order valence-corrected chi connectivity index (χ4v) is 1.54. The van der Waals surface area contributed by atoms with Crippen molar-refractivity contribution in [3.8, 4) is 0 Å². The molecule has 0 heterocycles. The van der Waals surface area contributed by atoms with E-state index in [2.05, 4.69) is 0 Å². The summed E-state index contributed by atoms with van der Waals surface area (Å²) >= 11 is 0. The molecule has 0 fully saturated rings. The second-order valence-electron chi connectivity index (χ2n) is 1.99. The van der Waals surface area contributed by atoms with Gasteiger partial charge in [-0.15, -0.1) is 0 Å². The Balaban J connectivity index is 3.45. The van der Waals surface area contributed by atoms with Gasteiger partial charge in [-0.1, -0.05) is 13.8 Å². The third-order valence-electron chi connectivity index (χ3n) is 1.27. The van der Waals surface area contributed by atoms with E-state index in [-0.39, 0.29) is 11.9 Å². The molecular formula is C6H14O2S. The smallest absolute Gasteiger partial charge is 0.0442 e. The molecule has 0 radical (unpaired) electrons. The standard InChI is InChI=1S/C6H14O2S/c1-3-9(8)6(2)4-5-7/h6-7H,3-5H2,1-2H3. The van der Waals surface area contributed by atoms with Crippen molar-refractivity contribution in [3.63, 3.8) is 0 Å². The van der Waals surface area contributed by atoms with E-state index in [4.69, 9.17) is 5.11 Å². The lowest BCUT2D eigenvalue weighted by Gasteiger charge is -2.05. The summed E-state index contributed by atoms with van der Waals surface area (Å²) in [6.45, 7) is 3.94. The molecule has 0 aromatic rings. The Hall–Kier alpha value is 0.110. The maximum Gasteiger partial charge on any atom is 0.0442 e. The van der Waals surface area contributed by atoms with Crippen molar-refractivity contribution in [1.82, 2.24) is 0 Å². The molecular weight excluding hydrogens is 136 g/mol. The van der Waals surface area contributed by atoms with Crippen LogP contribution in [0.2, 0.25) is 0 Å². The number of rotatable bonds is 4. The summed E-state index contributed by atoms with van der Waals surface area (Å²) in [7, 11) is -0.732. The molecule has 0 aliphatic heterocycles. The maximum absolute atomic E-state index is 10.9. The van der Waals surface area contributed by atoms with Crippen LogP contribution in [0.1, 0.15) is 20.3 Å². The Bertz CT molecular complexity index is 93.1. The molecule has 0 amide bonds. The summed E-state index contributed by atoms with van der Waals surface area (Å²) in [6.07, 6.45) is 0.653. The molecule has 0 saturated carbocycles. The van der Waals surface area contributed by atoms with Crippen LogP contribution in [0.4, 0.5) is 0 Å². The largest absolute Gasteiger partial charge is 0.396 e. The lowest BCUT2D eigenvalue weighted by molar-refractivity contribution is 0.288. The van der Waals surface area contributed by atoms with Gasteiger partial charge in [-0.05, 0) is 6.42 Å². The van der Waals surface area contributed by atoms with Crippen LogP contribution in [0.15, 0.2) is 0 Å². The molecule has 0 spiro atoms. The fraction of sp³-hybridized carbons (Fsp3) is 1.00. The molecule has 1 N–H and O–H groups in total. The average Bonchev–Trinajstić information content (AvgIpc) is 1.87. The molecule has 0 aromatic heterocycles. The SMILES string of the molecule is CCS(=O)C(C)CCO. The van der Waals surface area contributed by atoms with Crippen LogP contribution < -0.4 is 0 Å². The predicted octanol–water partition coefficient (Wildman–Crippen LogP) is 0.526. The van der Waals surface area contributed by atoms with E-state index in [0.29, 0.717) is 12.2 Å². The number of hydrogen-bond donors (Lipinski definition) is 1. The van der Waals surface area contributed by atoms with Gasteiger partial charge in [0, 0.05) is 28.4 Å². The molecule has 0 aromatic carbocycles. The molecule has 56 valence electrons. The van der Waals surface area contributed by atoms with Gasteiger partial charge in [0.05, 0.1) is 0 Å². The molecule has 9 heavy (non-hydrogen) atoms. The summed E-state index contributed by atoms with van der Waals surface area (Å²) < 4.78 is 10.9. The third-order valence-corrected chi connectivity index (χ3v) is 2.97. The zero-order chi connectivity index (χ0) is 7.28. The zero-order valence-electron chi connectivity index (χ0n) is 5.96. The van der Waals surface area contributed by atoms with Crippen molar-refractivity contribution in [1.29, 1.82) is 0 Å². The second-order valence-corrected chi connectivity index (χ2v) is 4.14. The van der Waals surface area contributed by atoms with Crippen molar-refractivity contribution in [2.24, 2.45) is 0 Å². The summed E-state index contributed by atoms with van der Waals surface area (Å²) in [5, 5.41) is 8.60. The minimum Gasteiger partial charge on any atom is -0.396 e. The van der Waals surface area contributed by atoms with Gasteiger partial charge in [-0.3, -0.25) is 4.21 Å². The van der Waals surface area contributed by atoms with Crippen LogP contribution in [0, 0.1) is 0 Å². The number of aliphatic hydroxyl groups is 1. The topological polar surface area (TPSA) is 37.3 Å². The zero-order valence-corrected chi connectivity index (χ0v) is 6.78. The summed E-state index contributed by atoms with van der Waals surface area (Å²) in [5.41, 5.74) is 0. The van der Waals surface area contributed by atoms with E-state index in [0.717, 1.165) is 0 Å². The average molecular weight is 150 g/mol. The summed E-state index contributed by atoms with van der Waals surface area (Å²) in [4.78, 5) is 0. The first-order valence-corrected chi connectivity index (χ1v) is 4.58. The molecule has 0 aliphatic carbocycles. The number of aliphatic hydroxyl groups excluding tert-OH is 1. The van der Waals surface area contributed by atoms with Crippen molar-refractivity contribution in [2.45, 2.75) is 25.5 Å². The Morgan fingerprint density at radius 1 is 1.67 bits per heavy atom. The second kappa shape index (κ2) is 4.94. The van der Waals surface area contributed by atoms with Crippen LogP contribution in [0.3, 0.4) is 0 Å². The number of hydrogen-bond acceptors (Lipinski definition) is 2. The molecule has 3 heteroatoms. The van der Waals surface area contributed by atoms with Gasteiger partial charge in [0.1, 0.15) is 0 Å². The van der Waals surface area contributed by atoms with Crippen LogP contribution in [-0.2, 0) is 10.8 Å². The lowest BCUT2D eigenvalue weighted by atomic mass is 10.3. The van der Waals surface area contributed by atoms with Gasteiger partial charge in [0.25, 0.3) is 0 Å². The monoisotopic (exact) mass is 150 g/mol. The van der Waals surface area contributed by atoms with Gasteiger partial charge in [-0.2, -0.15) is 0 Å². The van der Waals surface area contributed by atoms with Crippen molar-refractivity contribution in [3.05, 3.63) is 0 Å². The normalized spacial score (nSPS) is 17.2. The first-order valence-electron chi connectivity index (χ1n) is 3.20. The van der Waals surface area contributed by atoms with Crippen LogP contribution in [-0.4, -0.2) is 26.9 Å². The Morgan fingerprint density at radius 3 is 2.56 bits per heavy atom.